The van der Waals surface area contributed by atoms with Crippen LogP contribution in [0.15, 0.2) is 53.4 Å². The van der Waals surface area contributed by atoms with E-state index in [1.54, 1.807) is 37.5 Å². The first-order valence-electron chi connectivity index (χ1n) is 7.22. The van der Waals surface area contributed by atoms with Crippen molar-refractivity contribution in [3.05, 3.63) is 69.6 Å². The van der Waals surface area contributed by atoms with Crippen LogP contribution in [0.1, 0.15) is 11.1 Å². The summed E-state index contributed by atoms with van der Waals surface area (Å²) in [6.07, 6.45) is 1.68. The Morgan fingerprint density at radius 3 is 2.58 bits per heavy atom. The number of halogens is 1. The van der Waals surface area contributed by atoms with Crippen molar-refractivity contribution in [1.82, 2.24) is 4.90 Å². The number of imide groups is 1. The third kappa shape index (κ3) is 3.32. The van der Waals surface area contributed by atoms with E-state index in [-0.39, 0.29) is 17.7 Å². The number of carbonyl (C=O) groups is 2. The molecule has 24 heavy (non-hydrogen) atoms. The lowest BCUT2D eigenvalue weighted by Crippen LogP contribution is -2.27. The van der Waals surface area contributed by atoms with Crippen LogP contribution in [-0.2, 0) is 11.3 Å². The van der Waals surface area contributed by atoms with Crippen molar-refractivity contribution in [2.45, 2.75) is 6.54 Å². The Bertz CT molecular complexity index is 835. The topological polar surface area (TPSA) is 46.6 Å². The summed E-state index contributed by atoms with van der Waals surface area (Å²) >= 11 is 7.04. The van der Waals surface area contributed by atoms with Gasteiger partial charge >= 0.3 is 0 Å². The molecule has 1 fully saturated rings. The van der Waals surface area contributed by atoms with Crippen LogP contribution in [0.5, 0.6) is 5.75 Å². The Balaban J connectivity index is 1.86. The number of thioether (sulfide) groups is 1. The van der Waals surface area contributed by atoms with Gasteiger partial charge in [0.25, 0.3) is 11.1 Å². The van der Waals surface area contributed by atoms with Crippen molar-refractivity contribution in [2.24, 2.45) is 0 Å². The molecule has 0 radical (unpaired) electrons. The first kappa shape index (κ1) is 16.6. The molecule has 0 aromatic heterocycles. The Morgan fingerprint density at radius 2 is 1.83 bits per heavy atom. The Morgan fingerprint density at radius 1 is 1.12 bits per heavy atom. The number of benzene rings is 2. The van der Waals surface area contributed by atoms with Gasteiger partial charge in [-0.25, -0.2) is 0 Å². The molecular weight excluding hydrogens is 346 g/mol. The molecule has 6 heteroatoms. The van der Waals surface area contributed by atoms with Crippen LogP contribution < -0.4 is 4.74 Å². The van der Waals surface area contributed by atoms with Gasteiger partial charge in [0.2, 0.25) is 0 Å². The standard InChI is InChI=1S/C18H14ClNO3S/c1-23-15-9-5-3-6-12(15)10-16-17(21)20(18(22)24-16)11-13-7-2-4-8-14(13)19/h2-10H,11H2,1H3/b16-10-. The minimum absolute atomic E-state index is 0.160. The molecule has 0 saturated carbocycles. The van der Waals surface area contributed by atoms with Crippen molar-refractivity contribution in [2.75, 3.05) is 7.11 Å². The molecule has 2 aromatic rings. The van der Waals surface area contributed by atoms with Gasteiger partial charge in [-0.2, -0.15) is 0 Å². The number of methoxy groups -OCH3 is 1. The zero-order chi connectivity index (χ0) is 17.1. The third-order valence-electron chi connectivity index (χ3n) is 3.59. The van der Waals surface area contributed by atoms with Crippen molar-refractivity contribution >= 4 is 40.6 Å². The van der Waals surface area contributed by atoms with E-state index in [9.17, 15) is 9.59 Å². The van der Waals surface area contributed by atoms with Crippen molar-refractivity contribution in [3.8, 4) is 5.75 Å². The second-order valence-corrected chi connectivity index (χ2v) is 6.50. The molecule has 1 saturated heterocycles. The van der Waals surface area contributed by atoms with Gasteiger partial charge in [0.15, 0.2) is 0 Å². The lowest BCUT2D eigenvalue weighted by Gasteiger charge is -2.13. The van der Waals surface area contributed by atoms with E-state index < -0.39 is 0 Å². The van der Waals surface area contributed by atoms with Gasteiger partial charge in [-0.05, 0) is 35.5 Å². The van der Waals surface area contributed by atoms with Gasteiger partial charge in [0.05, 0.1) is 18.6 Å². The van der Waals surface area contributed by atoms with Gasteiger partial charge < -0.3 is 4.74 Å². The molecular formula is C18H14ClNO3S. The molecule has 4 nitrogen and oxygen atoms in total. The second-order valence-electron chi connectivity index (χ2n) is 5.10. The summed E-state index contributed by atoms with van der Waals surface area (Å²) in [7, 11) is 1.57. The fourth-order valence-corrected chi connectivity index (χ4v) is 3.38. The number of hydrogen-bond donors (Lipinski definition) is 0. The number of hydrogen-bond acceptors (Lipinski definition) is 4. The average molecular weight is 360 g/mol. The van der Waals surface area contributed by atoms with E-state index in [2.05, 4.69) is 0 Å². The minimum Gasteiger partial charge on any atom is -0.496 e. The smallest absolute Gasteiger partial charge is 0.293 e. The highest BCUT2D eigenvalue weighted by Crippen LogP contribution is 2.35. The summed E-state index contributed by atoms with van der Waals surface area (Å²) in [4.78, 5) is 26.3. The third-order valence-corrected chi connectivity index (χ3v) is 4.86. The first-order chi connectivity index (χ1) is 11.6. The molecule has 0 bridgehead atoms. The zero-order valence-electron chi connectivity index (χ0n) is 12.9. The molecule has 1 heterocycles. The largest absolute Gasteiger partial charge is 0.496 e. The van der Waals surface area contributed by atoms with Crippen LogP contribution in [0.25, 0.3) is 6.08 Å². The van der Waals surface area contributed by atoms with Gasteiger partial charge in [0, 0.05) is 10.6 Å². The van der Waals surface area contributed by atoms with Crippen LogP contribution in [0.4, 0.5) is 4.79 Å². The lowest BCUT2D eigenvalue weighted by atomic mass is 10.1. The van der Waals surface area contributed by atoms with E-state index >= 15 is 0 Å². The molecule has 2 amide bonds. The molecule has 2 aromatic carbocycles. The van der Waals surface area contributed by atoms with Crippen LogP contribution in [0.2, 0.25) is 5.02 Å². The van der Waals surface area contributed by atoms with Crippen LogP contribution in [0, 0.1) is 0 Å². The predicted molar refractivity (Wildman–Crippen MR) is 96.0 cm³/mol. The molecule has 0 N–H and O–H groups in total. The molecule has 122 valence electrons. The Hall–Kier alpha value is -2.24. The second kappa shape index (κ2) is 7.11. The first-order valence-corrected chi connectivity index (χ1v) is 8.41. The highest BCUT2D eigenvalue weighted by Gasteiger charge is 2.35. The van der Waals surface area contributed by atoms with E-state index in [1.165, 1.54) is 4.90 Å². The molecule has 0 unspecified atom stereocenters. The number of ether oxygens (including phenoxy) is 1. The van der Waals surface area contributed by atoms with E-state index in [0.29, 0.717) is 15.7 Å². The Labute approximate surface area is 149 Å². The van der Waals surface area contributed by atoms with Crippen LogP contribution in [0.3, 0.4) is 0 Å². The van der Waals surface area contributed by atoms with Crippen LogP contribution >= 0.6 is 23.4 Å². The average Bonchev–Trinajstić information content (AvgIpc) is 2.85. The summed E-state index contributed by atoms with van der Waals surface area (Å²) in [6, 6.07) is 14.5. The fourth-order valence-electron chi connectivity index (χ4n) is 2.36. The van der Waals surface area contributed by atoms with E-state index in [4.69, 9.17) is 16.3 Å². The monoisotopic (exact) mass is 359 g/mol. The molecule has 1 aliphatic heterocycles. The highest BCUT2D eigenvalue weighted by molar-refractivity contribution is 8.18. The number of carbonyl (C=O) groups excluding carboxylic acids is 2. The zero-order valence-corrected chi connectivity index (χ0v) is 14.4. The van der Waals surface area contributed by atoms with Crippen molar-refractivity contribution < 1.29 is 14.3 Å². The van der Waals surface area contributed by atoms with Gasteiger partial charge in [0.1, 0.15) is 5.75 Å². The lowest BCUT2D eigenvalue weighted by molar-refractivity contribution is -0.123. The molecule has 1 aliphatic rings. The van der Waals surface area contributed by atoms with Gasteiger partial charge in [-0.15, -0.1) is 0 Å². The fraction of sp³-hybridized carbons (Fsp3) is 0.111. The number of rotatable bonds is 4. The van der Waals surface area contributed by atoms with Gasteiger partial charge in [-0.1, -0.05) is 48.0 Å². The van der Waals surface area contributed by atoms with Crippen molar-refractivity contribution in [1.29, 1.82) is 0 Å². The summed E-state index contributed by atoms with van der Waals surface area (Å²) in [5, 5.41) is 0.228. The summed E-state index contributed by atoms with van der Waals surface area (Å²) in [6.45, 7) is 0.160. The maximum absolute atomic E-state index is 12.6. The maximum Gasteiger partial charge on any atom is 0.293 e. The molecule has 0 atom stereocenters. The number of nitrogens with zero attached hydrogens (tertiary/aromatic N) is 1. The van der Waals surface area contributed by atoms with Crippen LogP contribution in [-0.4, -0.2) is 23.2 Å². The number of amides is 2. The van der Waals surface area contributed by atoms with E-state index in [1.807, 2.05) is 24.3 Å². The number of para-hydroxylation sites is 1. The van der Waals surface area contributed by atoms with Crippen molar-refractivity contribution in [3.63, 3.8) is 0 Å². The SMILES string of the molecule is COc1ccccc1/C=C1\SC(=O)N(Cc2ccccc2Cl)C1=O. The summed E-state index contributed by atoms with van der Waals surface area (Å²) in [5.74, 6) is 0.325. The highest BCUT2D eigenvalue weighted by atomic mass is 35.5. The van der Waals surface area contributed by atoms with E-state index in [0.717, 1.165) is 22.9 Å². The van der Waals surface area contributed by atoms with Gasteiger partial charge in [-0.3, -0.25) is 14.5 Å². The maximum atomic E-state index is 12.6. The quantitative estimate of drug-likeness (QED) is 0.749. The normalized spacial score (nSPS) is 16.1. The minimum atomic E-state index is -0.323. The summed E-state index contributed by atoms with van der Waals surface area (Å²) < 4.78 is 5.27. The molecule has 3 rings (SSSR count). The predicted octanol–water partition coefficient (Wildman–Crippen LogP) is 4.59. The molecule has 0 spiro atoms. The summed E-state index contributed by atoms with van der Waals surface area (Å²) in [5.41, 5.74) is 1.49. The Kier molecular flexibility index (Phi) is 4.92. The molecule has 0 aliphatic carbocycles.